The number of rotatable bonds is 4. The third-order valence-corrected chi connectivity index (χ3v) is 1.61. The molecule has 0 saturated carbocycles. The van der Waals surface area contributed by atoms with Crippen LogP contribution in [-0.2, 0) is 9.53 Å². The van der Waals surface area contributed by atoms with Gasteiger partial charge in [0.05, 0.1) is 12.3 Å². The molecule has 0 amide bonds. The van der Waals surface area contributed by atoms with Gasteiger partial charge in [-0.1, -0.05) is 11.2 Å². The number of azide groups is 1. The molecule has 6 heteroatoms. The van der Waals surface area contributed by atoms with Gasteiger partial charge in [0, 0.05) is 11.1 Å². The quantitative estimate of drug-likeness (QED) is 0.255. The number of ether oxygens (including phenoxy) is 1. The minimum absolute atomic E-state index is 0.108. The Morgan fingerprint density at radius 3 is 3.06 bits per heavy atom. The van der Waals surface area contributed by atoms with E-state index in [1.54, 1.807) is 31.3 Å². The first-order valence-corrected chi connectivity index (χ1v) is 4.63. The summed E-state index contributed by atoms with van der Waals surface area (Å²) in [5, 5.41) is 3.27. The molecule has 0 N–H and O–H groups in total. The molecule has 0 bridgehead atoms. The zero-order valence-corrected chi connectivity index (χ0v) is 8.70. The van der Waals surface area contributed by atoms with Crippen molar-refractivity contribution in [1.29, 1.82) is 0 Å². The van der Waals surface area contributed by atoms with Gasteiger partial charge in [-0.15, -0.1) is 0 Å². The summed E-state index contributed by atoms with van der Waals surface area (Å²) < 4.78 is 4.73. The van der Waals surface area contributed by atoms with Gasteiger partial charge < -0.3 is 4.74 Å². The number of esters is 1. The standard InChI is InChI=1S/C10H10N4O2/c1-2-16-10(15)9(13-14-11)7-8-5-3-4-6-12-8/h3-7H,2H2,1H3/b9-7+. The molecule has 82 valence electrons. The van der Waals surface area contributed by atoms with E-state index < -0.39 is 5.97 Å². The van der Waals surface area contributed by atoms with E-state index in [1.165, 1.54) is 6.08 Å². The largest absolute Gasteiger partial charge is 0.462 e. The minimum Gasteiger partial charge on any atom is -0.462 e. The van der Waals surface area contributed by atoms with Gasteiger partial charge in [0.15, 0.2) is 0 Å². The van der Waals surface area contributed by atoms with Crippen molar-refractivity contribution in [3.8, 4) is 0 Å². The van der Waals surface area contributed by atoms with Crippen LogP contribution in [0.25, 0.3) is 16.5 Å². The lowest BCUT2D eigenvalue weighted by Gasteiger charge is -2.00. The summed E-state index contributed by atoms with van der Waals surface area (Å²) in [6.07, 6.45) is 2.95. The van der Waals surface area contributed by atoms with Crippen LogP contribution in [0.4, 0.5) is 0 Å². The number of carbonyl (C=O) groups excluding carboxylic acids is 1. The van der Waals surface area contributed by atoms with Crippen LogP contribution in [0.1, 0.15) is 12.6 Å². The van der Waals surface area contributed by atoms with E-state index in [-0.39, 0.29) is 12.3 Å². The third kappa shape index (κ3) is 3.43. The molecular weight excluding hydrogens is 208 g/mol. The predicted octanol–water partition coefficient (Wildman–Crippen LogP) is 2.30. The smallest absolute Gasteiger partial charge is 0.340 e. The van der Waals surface area contributed by atoms with Gasteiger partial charge >= 0.3 is 5.97 Å². The second-order valence-corrected chi connectivity index (χ2v) is 2.69. The summed E-state index contributed by atoms with van der Waals surface area (Å²) in [6, 6.07) is 5.19. The van der Waals surface area contributed by atoms with Crippen molar-refractivity contribution in [1.82, 2.24) is 4.98 Å². The average Bonchev–Trinajstić information content (AvgIpc) is 2.30. The Hall–Kier alpha value is -2.33. The van der Waals surface area contributed by atoms with E-state index in [2.05, 4.69) is 15.0 Å². The molecule has 0 radical (unpaired) electrons. The maximum Gasteiger partial charge on any atom is 0.340 e. The second kappa shape index (κ2) is 6.21. The van der Waals surface area contributed by atoms with E-state index in [9.17, 15) is 4.79 Å². The summed E-state index contributed by atoms with van der Waals surface area (Å²) in [5.41, 5.74) is 8.74. The van der Waals surface area contributed by atoms with Crippen LogP contribution in [0.3, 0.4) is 0 Å². The Labute approximate surface area is 92.2 Å². The first kappa shape index (κ1) is 11.7. The lowest BCUT2D eigenvalue weighted by Crippen LogP contribution is -2.05. The summed E-state index contributed by atoms with van der Waals surface area (Å²) in [7, 11) is 0. The van der Waals surface area contributed by atoms with Crippen LogP contribution >= 0.6 is 0 Å². The summed E-state index contributed by atoms with van der Waals surface area (Å²) >= 11 is 0. The Morgan fingerprint density at radius 2 is 2.50 bits per heavy atom. The molecule has 1 aromatic heterocycles. The first-order valence-electron chi connectivity index (χ1n) is 4.63. The molecule has 6 nitrogen and oxygen atoms in total. The van der Waals surface area contributed by atoms with Gasteiger partial charge in [-0.25, -0.2) is 4.79 Å². The Balaban J connectivity index is 2.98. The normalized spacial score (nSPS) is 10.4. The van der Waals surface area contributed by atoms with Crippen LogP contribution < -0.4 is 0 Å². The molecule has 0 unspecified atom stereocenters. The molecule has 0 aliphatic carbocycles. The molecule has 1 aromatic rings. The number of nitrogens with zero attached hydrogens (tertiary/aromatic N) is 4. The van der Waals surface area contributed by atoms with E-state index in [0.717, 1.165) is 0 Å². The molecule has 0 fully saturated rings. The molecular formula is C10H10N4O2. The van der Waals surface area contributed by atoms with Crippen molar-refractivity contribution in [3.05, 3.63) is 46.2 Å². The van der Waals surface area contributed by atoms with E-state index >= 15 is 0 Å². The molecule has 16 heavy (non-hydrogen) atoms. The van der Waals surface area contributed by atoms with Crippen molar-refractivity contribution < 1.29 is 9.53 Å². The molecule has 0 spiro atoms. The Bertz CT molecular complexity index is 435. The molecule has 1 heterocycles. The van der Waals surface area contributed by atoms with E-state index in [4.69, 9.17) is 10.3 Å². The molecule has 0 aliphatic heterocycles. The van der Waals surface area contributed by atoms with Gasteiger partial charge in [0.1, 0.15) is 5.70 Å². The fourth-order valence-corrected chi connectivity index (χ4v) is 0.983. The molecule has 0 atom stereocenters. The minimum atomic E-state index is -0.661. The highest BCUT2D eigenvalue weighted by molar-refractivity contribution is 5.92. The maximum atomic E-state index is 11.4. The topological polar surface area (TPSA) is 88.0 Å². The van der Waals surface area contributed by atoms with Crippen molar-refractivity contribution in [3.63, 3.8) is 0 Å². The fourth-order valence-electron chi connectivity index (χ4n) is 0.983. The molecule has 0 aliphatic rings. The van der Waals surface area contributed by atoms with Gasteiger partial charge in [-0.3, -0.25) is 4.98 Å². The molecule has 0 aromatic carbocycles. The molecule has 1 rings (SSSR count). The lowest BCUT2D eigenvalue weighted by molar-refractivity contribution is -0.138. The van der Waals surface area contributed by atoms with Crippen molar-refractivity contribution in [2.24, 2.45) is 5.11 Å². The van der Waals surface area contributed by atoms with Crippen molar-refractivity contribution in [2.75, 3.05) is 6.61 Å². The zero-order chi connectivity index (χ0) is 11.8. The van der Waals surface area contributed by atoms with E-state index in [0.29, 0.717) is 5.69 Å². The van der Waals surface area contributed by atoms with Gasteiger partial charge in [-0.05, 0) is 30.7 Å². The third-order valence-electron chi connectivity index (χ3n) is 1.61. The van der Waals surface area contributed by atoms with Crippen LogP contribution in [0.5, 0.6) is 0 Å². The lowest BCUT2D eigenvalue weighted by atomic mass is 10.3. The Kier molecular flexibility index (Phi) is 4.56. The Morgan fingerprint density at radius 1 is 1.69 bits per heavy atom. The number of pyridine rings is 1. The van der Waals surface area contributed by atoms with Gasteiger partial charge in [0.2, 0.25) is 0 Å². The van der Waals surface area contributed by atoms with Crippen LogP contribution in [0.15, 0.2) is 35.2 Å². The predicted molar refractivity (Wildman–Crippen MR) is 58.0 cm³/mol. The number of hydrogen-bond acceptors (Lipinski definition) is 4. The van der Waals surface area contributed by atoms with Crippen LogP contribution in [0.2, 0.25) is 0 Å². The number of hydrogen-bond donors (Lipinski definition) is 0. The highest BCUT2D eigenvalue weighted by atomic mass is 16.5. The van der Waals surface area contributed by atoms with Gasteiger partial charge in [0.25, 0.3) is 0 Å². The second-order valence-electron chi connectivity index (χ2n) is 2.69. The zero-order valence-electron chi connectivity index (χ0n) is 8.70. The summed E-state index contributed by atoms with van der Waals surface area (Å²) in [5.74, 6) is -0.661. The summed E-state index contributed by atoms with van der Waals surface area (Å²) in [6.45, 7) is 1.89. The monoisotopic (exact) mass is 218 g/mol. The average molecular weight is 218 g/mol. The van der Waals surface area contributed by atoms with Crippen molar-refractivity contribution >= 4 is 12.0 Å². The number of carbonyl (C=O) groups is 1. The molecule has 0 saturated heterocycles. The highest BCUT2D eigenvalue weighted by Gasteiger charge is 2.08. The fraction of sp³-hybridized carbons (Fsp3) is 0.200. The highest BCUT2D eigenvalue weighted by Crippen LogP contribution is 2.07. The van der Waals surface area contributed by atoms with Gasteiger partial charge in [-0.2, -0.15) is 0 Å². The van der Waals surface area contributed by atoms with E-state index in [1.807, 2.05) is 0 Å². The first-order chi connectivity index (χ1) is 7.77. The number of aromatic nitrogens is 1. The van der Waals surface area contributed by atoms with Crippen molar-refractivity contribution in [2.45, 2.75) is 6.92 Å². The SMILES string of the molecule is CCOC(=O)/C(=C\c1ccccn1)N=[N+]=[N-]. The van der Waals surface area contributed by atoms with Crippen LogP contribution in [0, 0.1) is 0 Å². The maximum absolute atomic E-state index is 11.4. The summed E-state index contributed by atoms with van der Waals surface area (Å²) in [4.78, 5) is 17.9. The van der Waals surface area contributed by atoms with Crippen LogP contribution in [-0.4, -0.2) is 17.6 Å².